The summed E-state index contributed by atoms with van der Waals surface area (Å²) in [4.78, 5) is 11.5. The van der Waals surface area contributed by atoms with Crippen LogP contribution in [-0.2, 0) is 17.6 Å². The molecule has 0 aliphatic heterocycles. The molecule has 2 rings (SSSR count). The number of carbonyl (C=O) groups is 1. The Labute approximate surface area is 120 Å². The smallest absolute Gasteiger partial charge is 0.309 e. The largest absolute Gasteiger partial charge is 0.508 e. The molecule has 0 heterocycles. The summed E-state index contributed by atoms with van der Waals surface area (Å²) in [5, 5.41) is 19.0. The molecule has 1 aromatic rings. The molecule has 3 nitrogen and oxygen atoms in total. The Bertz CT molecular complexity index is 505. The van der Waals surface area contributed by atoms with Crippen molar-refractivity contribution in [3.8, 4) is 5.75 Å². The van der Waals surface area contributed by atoms with Crippen LogP contribution in [0.5, 0.6) is 5.75 Å². The minimum Gasteiger partial charge on any atom is -0.508 e. The molecule has 0 spiro atoms. The lowest BCUT2D eigenvalue weighted by Crippen LogP contribution is -2.39. The van der Waals surface area contributed by atoms with Gasteiger partial charge < -0.3 is 10.2 Å². The van der Waals surface area contributed by atoms with Crippen molar-refractivity contribution in [2.45, 2.75) is 46.5 Å². The summed E-state index contributed by atoms with van der Waals surface area (Å²) < 4.78 is 0. The van der Waals surface area contributed by atoms with E-state index in [1.54, 1.807) is 6.07 Å². The Morgan fingerprint density at radius 2 is 2.10 bits per heavy atom. The fourth-order valence-corrected chi connectivity index (χ4v) is 3.70. The Morgan fingerprint density at radius 1 is 1.40 bits per heavy atom. The standard InChI is InChI=1S/C17H24O3/c1-4-15(17(2,3)16(19)20)13-6-5-12-10-14(18)8-7-11(12)9-13/h7-8,10,13,15,18H,4-6,9H2,1-3H3,(H,19,20)/t13-,15+/m0/s1. The SMILES string of the molecule is CC[C@H]([C@H]1CCc2cc(O)ccc2C1)C(C)(C)C(=O)O. The van der Waals surface area contributed by atoms with Gasteiger partial charge in [-0.15, -0.1) is 0 Å². The summed E-state index contributed by atoms with van der Waals surface area (Å²) in [5.41, 5.74) is 1.79. The zero-order chi connectivity index (χ0) is 14.9. The van der Waals surface area contributed by atoms with Crippen molar-refractivity contribution in [3.05, 3.63) is 29.3 Å². The van der Waals surface area contributed by atoms with Gasteiger partial charge in [0.25, 0.3) is 0 Å². The van der Waals surface area contributed by atoms with Gasteiger partial charge in [0.15, 0.2) is 0 Å². The summed E-state index contributed by atoms with van der Waals surface area (Å²) in [6.45, 7) is 5.77. The van der Waals surface area contributed by atoms with Crippen LogP contribution in [0.3, 0.4) is 0 Å². The van der Waals surface area contributed by atoms with E-state index in [1.807, 2.05) is 26.0 Å². The maximum absolute atomic E-state index is 11.5. The van der Waals surface area contributed by atoms with Crippen molar-refractivity contribution in [2.75, 3.05) is 0 Å². The Hall–Kier alpha value is -1.51. The van der Waals surface area contributed by atoms with Crippen molar-refractivity contribution in [2.24, 2.45) is 17.3 Å². The van der Waals surface area contributed by atoms with Gasteiger partial charge in [0.05, 0.1) is 5.41 Å². The van der Waals surface area contributed by atoms with E-state index in [0.717, 1.165) is 25.7 Å². The normalized spacial score (nSPS) is 20.2. The maximum atomic E-state index is 11.5. The molecule has 0 saturated carbocycles. The van der Waals surface area contributed by atoms with Gasteiger partial charge in [0.2, 0.25) is 0 Å². The minimum atomic E-state index is -0.708. The van der Waals surface area contributed by atoms with E-state index < -0.39 is 11.4 Å². The van der Waals surface area contributed by atoms with Gasteiger partial charge in [-0.1, -0.05) is 19.4 Å². The number of carboxylic acids is 1. The average Bonchev–Trinajstić information content (AvgIpc) is 2.39. The van der Waals surface area contributed by atoms with Crippen LogP contribution in [0.25, 0.3) is 0 Å². The second-order valence-electron chi connectivity index (χ2n) is 6.50. The Morgan fingerprint density at radius 3 is 2.70 bits per heavy atom. The van der Waals surface area contributed by atoms with E-state index in [4.69, 9.17) is 0 Å². The first-order chi connectivity index (χ1) is 9.36. The number of fused-ring (bicyclic) bond motifs is 1. The second kappa shape index (κ2) is 5.47. The minimum absolute atomic E-state index is 0.182. The molecule has 1 aliphatic rings. The van der Waals surface area contributed by atoms with Crippen LogP contribution in [0.15, 0.2) is 18.2 Å². The van der Waals surface area contributed by atoms with Gasteiger partial charge >= 0.3 is 5.97 Å². The maximum Gasteiger partial charge on any atom is 0.309 e. The Kier molecular flexibility index (Phi) is 4.07. The van der Waals surface area contributed by atoms with Crippen LogP contribution in [0.4, 0.5) is 0 Å². The molecule has 0 fully saturated rings. The third-order valence-corrected chi connectivity index (χ3v) is 4.94. The van der Waals surface area contributed by atoms with E-state index in [0.29, 0.717) is 11.7 Å². The fourth-order valence-electron chi connectivity index (χ4n) is 3.70. The van der Waals surface area contributed by atoms with E-state index in [9.17, 15) is 15.0 Å². The predicted octanol–water partition coefficient (Wildman–Crippen LogP) is 3.63. The van der Waals surface area contributed by atoms with Gasteiger partial charge in [-0.25, -0.2) is 0 Å². The highest BCUT2D eigenvalue weighted by molar-refractivity contribution is 5.74. The predicted molar refractivity (Wildman–Crippen MR) is 78.8 cm³/mol. The number of aromatic hydroxyl groups is 1. The molecular weight excluding hydrogens is 252 g/mol. The van der Waals surface area contributed by atoms with Crippen LogP contribution in [-0.4, -0.2) is 16.2 Å². The Balaban J connectivity index is 2.23. The summed E-state index contributed by atoms with van der Waals surface area (Å²) in [6, 6.07) is 5.55. The van der Waals surface area contributed by atoms with E-state index in [-0.39, 0.29) is 5.92 Å². The van der Waals surface area contributed by atoms with Crippen molar-refractivity contribution in [1.29, 1.82) is 0 Å². The number of aryl methyl sites for hydroxylation is 1. The van der Waals surface area contributed by atoms with Gasteiger partial charge in [-0.05, 0) is 68.2 Å². The number of carboxylic acid groups (broad SMARTS) is 1. The van der Waals surface area contributed by atoms with Crippen LogP contribution < -0.4 is 0 Å². The zero-order valence-electron chi connectivity index (χ0n) is 12.5. The quantitative estimate of drug-likeness (QED) is 0.882. The molecule has 110 valence electrons. The lowest BCUT2D eigenvalue weighted by molar-refractivity contribution is -0.151. The van der Waals surface area contributed by atoms with Gasteiger partial charge in [0, 0.05) is 0 Å². The molecule has 1 aromatic carbocycles. The molecule has 2 N–H and O–H groups in total. The van der Waals surface area contributed by atoms with Crippen molar-refractivity contribution in [1.82, 2.24) is 0 Å². The highest BCUT2D eigenvalue weighted by atomic mass is 16.4. The molecule has 0 saturated heterocycles. The van der Waals surface area contributed by atoms with E-state index in [2.05, 4.69) is 6.92 Å². The third kappa shape index (κ3) is 2.67. The first-order valence-corrected chi connectivity index (χ1v) is 7.40. The lowest BCUT2D eigenvalue weighted by atomic mass is 9.65. The third-order valence-electron chi connectivity index (χ3n) is 4.94. The van der Waals surface area contributed by atoms with Crippen LogP contribution in [0, 0.1) is 17.3 Å². The number of aliphatic carboxylic acids is 1. The van der Waals surface area contributed by atoms with E-state index >= 15 is 0 Å². The van der Waals surface area contributed by atoms with Crippen molar-refractivity contribution >= 4 is 5.97 Å². The number of phenols is 1. The molecule has 0 amide bonds. The van der Waals surface area contributed by atoms with Crippen molar-refractivity contribution < 1.29 is 15.0 Å². The number of phenolic OH excluding ortho intramolecular Hbond substituents is 1. The summed E-state index contributed by atoms with van der Waals surface area (Å²) >= 11 is 0. The summed E-state index contributed by atoms with van der Waals surface area (Å²) in [6.07, 6.45) is 3.74. The van der Waals surface area contributed by atoms with Gasteiger partial charge in [0.1, 0.15) is 5.75 Å². The van der Waals surface area contributed by atoms with Crippen molar-refractivity contribution in [3.63, 3.8) is 0 Å². The molecule has 0 bridgehead atoms. The van der Waals surface area contributed by atoms with Crippen LogP contribution in [0.2, 0.25) is 0 Å². The average molecular weight is 276 g/mol. The fraction of sp³-hybridized carbons (Fsp3) is 0.588. The molecule has 0 unspecified atom stereocenters. The zero-order valence-corrected chi connectivity index (χ0v) is 12.5. The highest BCUT2D eigenvalue weighted by Gasteiger charge is 2.41. The monoisotopic (exact) mass is 276 g/mol. The number of benzene rings is 1. The second-order valence-corrected chi connectivity index (χ2v) is 6.50. The lowest BCUT2D eigenvalue weighted by Gasteiger charge is -2.38. The van der Waals surface area contributed by atoms with Crippen LogP contribution in [0.1, 0.15) is 44.7 Å². The number of rotatable bonds is 4. The molecule has 1 aliphatic carbocycles. The topological polar surface area (TPSA) is 57.5 Å². The molecule has 20 heavy (non-hydrogen) atoms. The molecular formula is C17H24O3. The van der Waals surface area contributed by atoms with Gasteiger partial charge in [-0.3, -0.25) is 4.79 Å². The molecule has 0 radical (unpaired) electrons. The van der Waals surface area contributed by atoms with E-state index in [1.165, 1.54) is 11.1 Å². The summed E-state index contributed by atoms with van der Waals surface area (Å²) in [5.74, 6) is 0.200. The van der Waals surface area contributed by atoms with Gasteiger partial charge in [-0.2, -0.15) is 0 Å². The molecule has 3 heteroatoms. The number of hydrogen-bond donors (Lipinski definition) is 2. The number of hydrogen-bond acceptors (Lipinski definition) is 2. The molecule has 0 aromatic heterocycles. The summed E-state index contributed by atoms with van der Waals surface area (Å²) in [7, 11) is 0. The first-order valence-electron chi connectivity index (χ1n) is 7.40. The molecule has 2 atom stereocenters. The van der Waals surface area contributed by atoms with Crippen LogP contribution >= 0.6 is 0 Å². The highest BCUT2D eigenvalue weighted by Crippen LogP contribution is 2.42. The first kappa shape index (κ1) is 14.9.